The maximum Gasteiger partial charge on any atom is 0.255 e. The Balaban J connectivity index is 1.66. The van der Waals surface area contributed by atoms with E-state index in [0.717, 1.165) is 37.4 Å². The fourth-order valence-corrected chi connectivity index (χ4v) is 3.25. The second kappa shape index (κ2) is 8.44. The van der Waals surface area contributed by atoms with Crippen molar-refractivity contribution in [2.75, 3.05) is 31.2 Å². The Hall–Kier alpha value is -2.53. The summed E-state index contributed by atoms with van der Waals surface area (Å²) in [5.74, 6) is 0.0537. The molecule has 2 N–H and O–H groups in total. The molecule has 3 rings (SSSR count). The van der Waals surface area contributed by atoms with E-state index in [9.17, 15) is 9.90 Å². The summed E-state index contributed by atoms with van der Waals surface area (Å²) in [4.78, 5) is 14.8. The van der Waals surface area contributed by atoms with Crippen molar-refractivity contribution in [2.45, 2.75) is 32.7 Å². The van der Waals surface area contributed by atoms with E-state index in [1.807, 2.05) is 25.1 Å². The first-order valence-corrected chi connectivity index (χ1v) is 9.52. The molecule has 2 aromatic carbocycles. The average Bonchev–Trinajstić information content (AvgIpc) is 2.68. The quantitative estimate of drug-likeness (QED) is 0.842. The molecule has 0 radical (unpaired) electrons. The third-order valence-corrected chi connectivity index (χ3v) is 5.05. The lowest BCUT2D eigenvalue weighted by Crippen LogP contribution is -2.36. The van der Waals surface area contributed by atoms with Crippen LogP contribution in [0.3, 0.4) is 0 Å². The highest BCUT2D eigenvalue weighted by atomic mass is 16.5. The fourth-order valence-electron chi connectivity index (χ4n) is 3.25. The molecule has 2 aromatic rings. The lowest BCUT2D eigenvalue weighted by atomic mass is 10.0. The Morgan fingerprint density at radius 2 is 1.67 bits per heavy atom. The number of nitrogens with one attached hydrogen (secondary N) is 1. The molecule has 1 amide bonds. The number of carbonyl (C=O) groups excluding carboxylic acids is 1. The zero-order valence-electron chi connectivity index (χ0n) is 16.2. The van der Waals surface area contributed by atoms with E-state index >= 15 is 0 Å². The molecule has 0 spiro atoms. The van der Waals surface area contributed by atoms with Crippen molar-refractivity contribution in [3.63, 3.8) is 0 Å². The van der Waals surface area contributed by atoms with Gasteiger partial charge in [0.15, 0.2) is 0 Å². The van der Waals surface area contributed by atoms with Crippen molar-refractivity contribution in [2.24, 2.45) is 0 Å². The highest BCUT2D eigenvalue weighted by Crippen LogP contribution is 2.25. The molecule has 1 unspecified atom stereocenters. The van der Waals surface area contributed by atoms with Crippen LogP contribution in [0, 0.1) is 0 Å². The maximum absolute atomic E-state index is 12.6. The summed E-state index contributed by atoms with van der Waals surface area (Å²) >= 11 is 0. The van der Waals surface area contributed by atoms with Gasteiger partial charge in [-0.05, 0) is 48.2 Å². The van der Waals surface area contributed by atoms with Gasteiger partial charge in [-0.3, -0.25) is 4.79 Å². The molecule has 1 aliphatic rings. The number of carbonyl (C=O) groups is 1. The third kappa shape index (κ3) is 4.61. The van der Waals surface area contributed by atoms with Crippen LogP contribution < -0.4 is 10.2 Å². The number of hydrogen-bond donors (Lipinski definition) is 2. The first-order valence-electron chi connectivity index (χ1n) is 9.52. The Morgan fingerprint density at radius 3 is 2.26 bits per heavy atom. The van der Waals surface area contributed by atoms with E-state index in [0.29, 0.717) is 11.5 Å². The Bertz CT molecular complexity index is 781. The van der Waals surface area contributed by atoms with Crippen LogP contribution in [-0.2, 0) is 4.74 Å². The smallest absolute Gasteiger partial charge is 0.255 e. The molecular weight excluding hydrogens is 340 g/mol. The largest absolute Gasteiger partial charge is 0.507 e. The zero-order valence-corrected chi connectivity index (χ0v) is 16.2. The van der Waals surface area contributed by atoms with Crippen LogP contribution in [0.5, 0.6) is 5.75 Å². The van der Waals surface area contributed by atoms with E-state index in [1.165, 1.54) is 5.69 Å². The van der Waals surface area contributed by atoms with E-state index in [1.54, 1.807) is 12.1 Å². The van der Waals surface area contributed by atoms with Crippen molar-refractivity contribution >= 4 is 11.6 Å². The monoisotopic (exact) mass is 368 g/mol. The number of aromatic hydroxyl groups is 1. The number of amides is 1. The van der Waals surface area contributed by atoms with Crippen LogP contribution in [0.15, 0.2) is 42.5 Å². The number of morpholine rings is 1. The van der Waals surface area contributed by atoms with Gasteiger partial charge in [0.2, 0.25) is 0 Å². The number of benzene rings is 2. The minimum absolute atomic E-state index is 0.0218. The minimum atomic E-state index is -0.271. The van der Waals surface area contributed by atoms with Gasteiger partial charge in [0.25, 0.3) is 5.91 Å². The Kier molecular flexibility index (Phi) is 6.01. The van der Waals surface area contributed by atoms with Gasteiger partial charge in [0.1, 0.15) is 5.75 Å². The maximum atomic E-state index is 12.6. The van der Waals surface area contributed by atoms with Gasteiger partial charge in [-0.1, -0.05) is 32.0 Å². The van der Waals surface area contributed by atoms with Crippen LogP contribution in [0.25, 0.3) is 0 Å². The second-order valence-corrected chi connectivity index (χ2v) is 7.32. The van der Waals surface area contributed by atoms with Crippen LogP contribution in [0.1, 0.15) is 54.2 Å². The molecule has 1 heterocycles. The van der Waals surface area contributed by atoms with Gasteiger partial charge >= 0.3 is 0 Å². The van der Waals surface area contributed by atoms with Crippen LogP contribution in [0.4, 0.5) is 5.69 Å². The zero-order chi connectivity index (χ0) is 19.4. The lowest BCUT2D eigenvalue weighted by molar-refractivity contribution is 0.0937. The molecule has 1 saturated heterocycles. The summed E-state index contributed by atoms with van der Waals surface area (Å²) in [5.41, 5.74) is 3.51. The number of anilines is 1. The predicted molar refractivity (Wildman–Crippen MR) is 108 cm³/mol. The topological polar surface area (TPSA) is 61.8 Å². The molecule has 27 heavy (non-hydrogen) atoms. The SMILES string of the molecule is CC(C)c1ccc(C(=O)NC(C)c2ccc(N3CCOCC3)cc2)c(O)c1. The van der Waals surface area contributed by atoms with Crippen LogP contribution in [0.2, 0.25) is 0 Å². The second-order valence-electron chi connectivity index (χ2n) is 7.32. The van der Waals surface area contributed by atoms with E-state index in [-0.39, 0.29) is 17.7 Å². The van der Waals surface area contributed by atoms with Gasteiger partial charge in [0, 0.05) is 18.8 Å². The van der Waals surface area contributed by atoms with Crippen molar-refractivity contribution in [3.8, 4) is 5.75 Å². The summed E-state index contributed by atoms with van der Waals surface area (Å²) in [6, 6.07) is 13.3. The molecule has 1 atom stereocenters. The van der Waals surface area contributed by atoms with Gasteiger partial charge in [0.05, 0.1) is 24.8 Å². The summed E-state index contributed by atoms with van der Waals surface area (Å²) in [6.07, 6.45) is 0. The highest BCUT2D eigenvalue weighted by molar-refractivity contribution is 5.97. The van der Waals surface area contributed by atoms with E-state index in [4.69, 9.17) is 4.74 Å². The fraction of sp³-hybridized carbons (Fsp3) is 0.409. The molecular formula is C22H28N2O3. The first kappa shape index (κ1) is 19.2. The van der Waals surface area contributed by atoms with Gasteiger partial charge in [-0.25, -0.2) is 0 Å². The number of rotatable bonds is 5. The molecule has 5 nitrogen and oxygen atoms in total. The number of phenolic OH excluding ortho intramolecular Hbond substituents is 1. The number of phenols is 1. The highest BCUT2D eigenvalue weighted by Gasteiger charge is 2.17. The van der Waals surface area contributed by atoms with E-state index in [2.05, 4.69) is 36.2 Å². The first-order chi connectivity index (χ1) is 13.0. The van der Waals surface area contributed by atoms with Gasteiger partial charge in [-0.15, -0.1) is 0 Å². The standard InChI is InChI=1S/C22H28N2O3/c1-15(2)18-6-9-20(21(25)14-18)22(26)23-16(3)17-4-7-19(8-5-17)24-10-12-27-13-11-24/h4-9,14-16,25H,10-13H2,1-3H3,(H,23,26). The van der Waals surface area contributed by atoms with Crippen molar-refractivity contribution in [1.29, 1.82) is 0 Å². The van der Waals surface area contributed by atoms with Crippen LogP contribution in [-0.4, -0.2) is 37.3 Å². The van der Waals surface area contributed by atoms with Crippen molar-refractivity contribution in [3.05, 3.63) is 59.2 Å². The molecule has 0 bridgehead atoms. The van der Waals surface area contributed by atoms with Gasteiger partial charge in [-0.2, -0.15) is 0 Å². The summed E-state index contributed by atoms with van der Waals surface area (Å²) < 4.78 is 5.39. The molecule has 1 aliphatic heterocycles. The third-order valence-electron chi connectivity index (χ3n) is 5.05. The van der Waals surface area contributed by atoms with Gasteiger partial charge < -0.3 is 20.1 Å². The molecule has 1 fully saturated rings. The molecule has 0 aromatic heterocycles. The van der Waals surface area contributed by atoms with Crippen LogP contribution >= 0.6 is 0 Å². The molecule has 0 saturated carbocycles. The Morgan fingerprint density at radius 1 is 1.04 bits per heavy atom. The minimum Gasteiger partial charge on any atom is -0.507 e. The molecule has 144 valence electrons. The normalized spacial score (nSPS) is 15.6. The van der Waals surface area contributed by atoms with Crippen molar-refractivity contribution < 1.29 is 14.6 Å². The Labute approximate surface area is 161 Å². The van der Waals surface area contributed by atoms with Crippen molar-refractivity contribution in [1.82, 2.24) is 5.32 Å². The number of ether oxygens (including phenoxy) is 1. The average molecular weight is 368 g/mol. The lowest BCUT2D eigenvalue weighted by Gasteiger charge is -2.29. The molecule has 5 heteroatoms. The predicted octanol–water partition coefficient (Wildman–Crippen LogP) is 3.84. The number of nitrogens with zero attached hydrogens (tertiary/aromatic N) is 1. The summed E-state index contributed by atoms with van der Waals surface area (Å²) in [5, 5.41) is 13.2. The number of hydrogen-bond acceptors (Lipinski definition) is 4. The van der Waals surface area contributed by atoms with E-state index < -0.39 is 0 Å². The molecule has 0 aliphatic carbocycles. The summed E-state index contributed by atoms with van der Waals surface area (Å²) in [7, 11) is 0. The summed E-state index contributed by atoms with van der Waals surface area (Å²) in [6.45, 7) is 9.37.